The van der Waals surface area contributed by atoms with Crippen molar-refractivity contribution in [3.8, 4) is 0 Å². The van der Waals surface area contributed by atoms with Crippen LogP contribution >= 0.6 is 27.5 Å². The summed E-state index contributed by atoms with van der Waals surface area (Å²) in [5.74, 6) is 0.267. The first-order chi connectivity index (χ1) is 8.56. The predicted octanol–water partition coefficient (Wildman–Crippen LogP) is 3.13. The molecule has 1 aromatic carbocycles. The highest BCUT2D eigenvalue weighted by Crippen LogP contribution is 2.15. The van der Waals surface area contributed by atoms with Gasteiger partial charge >= 0.3 is 0 Å². The molecule has 1 amide bonds. The van der Waals surface area contributed by atoms with Gasteiger partial charge in [0, 0.05) is 35.7 Å². The summed E-state index contributed by atoms with van der Waals surface area (Å²) in [5.41, 5.74) is 1.67. The molecule has 100 valence electrons. The van der Waals surface area contributed by atoms with Gasteiger partial charge in [-0.3, -0.25) is 4.79 Å². The van der Waals surface area contributed by atoms with Crippen molar-refractivity contribution >= 4 is 33.4 Å². The second-order valence-corrected chi connectivity index (χ2v) is 5.35. The predicted molar refractivity (Wildman–Crippen MR) is 77.3 cm³/mol. The third-order valence-electron chi connectivity index (χ3n) is 2.50. The number of carbonyl (C=O) groups excluding carboxylic acids is 1. The minimum Gasteiger partial charge on any atom is -0.385 e. The van der Waals surface area contributed by atoms with Crippen molar-refractivity contribution in [3.05, 3.63) is 33.8 Å². The largest absolute Gasteiger partial charge is 0.385 e. The van der Waals surface area contributed by atoms with Gasteiger partial charge in [0.05, 0.1) is 0 Å². The highest BCUT2D eigenvalue weighted by Gasteiger charge is 2.13. The lowest BCUT2D eigenvalue weighted by Gasteiger charge is -2.16. The summed E-state index contributed by atoms with van der Waals surface area (Å²) in [7, 11) is 1.63. The highest BCUT2D eigenvalue weighted by atomic mass is 79.9. The van der Waals surface area contributed by atoms with Crippen LogP contribution in [0, 0.1) is 6.92 Å². The molecule has 0 fully saturated rings. The SMILES string of the molecule is COCCC(CCl)NC(=O)c1cc(C)cc(Br)c1. The third-order valence-corrected chi connectivity index (χ3v) is 3.33. The van der Waals surface area contributed by atoms with Gasteiger partial charge in [-0.1, -0.05) is 15.9 Å². The van der Waals surface area contributed by atoms with Crippen molar-refractivity contribution in [2.45, 2.75) is 19.4 Å². The van der Waals surface area contributed by atoms with Crippen molar-refractivity contribution in [2.75, 3.05) is 19.6 Å². The Bertz CT molecular complexity index is 392. The Morgan fingerprint density at radius 2 is 2.22 bits per heavy atom. The van der Waals surface area contributed by atoms with Gasteiger partial charge in [-0.25, -0.2) is 0 Å². The van der Waals surface area contributed by atoms with Gasteiger partial charge in [-0.2, -0.15) is 0 Å². The van der Waals surface area contributed by atoms with Gasteiger partial charge in [-0.05, 0) is 37.1 Å². The maximum absolute atomic E-state index is 12.1. The van der Waals surface area contributed by atoms with Crippen molar-refractivity contribution in [1.82, 2.24) is 5.32 Å². The topological polar surface area (TPSA) is 38.3 Å². The van der Waals surface area contributed by atoms with E-state index in [2.05, 4.69) is 21.2 Å². The first kappa shape index (κ1) is 15.5. The first-order valence-corrected chi connectivity index (χ1v) is 7.02. The molecule has 0 saturated heterocycles. The van der Waals surface area contributed by atoms with Crippen LogP contribution in [0.5, 0.6) is 0 Å². The van der Waals surface area contributed by atoms with Crippen LogP contribution in [0.4, 0.5) is 0 Å². The molecule has 0 aromatic heterocycles. The average molecular weight is 335 g/mol. The van der Waals surface area contributed by atoms with E-state index in [9.17, 15) is 4.79 Å². The number of aryl methyl sites for hydroxylation is 1. The smallest absolute Gasteiger partial charge is 0.251 e. The molecule has 0 heterocycles. The number of benzene rings is 1. The van der Waals surface area contributed by atoms with E-state index in [4.69, 9.17) is 16.3 Å². The molecule has 0 aliphatic heterocycles. The maximum atomic E-state index is 12.1. The highest BCUT2D eigenvalue weighted by molar-refractivity contribution is 9.10. The number of halogens is 2. The summed E-state index contributed by atoms with van der Waals surface area (Å²) in [6.07, 6.45) is 0.707. The molecular formula is C13H17BrClNO2. The Morgan fingerprint density at radius 1 is 1.50 bits per heavy atom. The molecule has 1 aromatic rings. The van der Waals surface area contributed by atoms with E-state index in [0.717, 1.165) is 10.0 Å². The molecule has 0 radical (unpaired) electrons. The van der Waals surface area contributed by atoms with E-state index in [1.165, 1.54) is 0 Å². The van der Waals surface area contributed by atoms with Crippen LogP contribution in [0.3, 0.4) is 0 Å². The monoisotopic (exact) mass is 333 g/mol. The number of amides is 1. The molecule has 1 unspecified atom stereocenters. The van der Waals surface area contributed by atoms with Gasteiger partial charge in [0.1, 0.15) is 0 Å². The molecule has 0 bridgehead atoms. The van der Waals surface area contributed by atoms with E-state index in [1.54, 1.807) is 13.2 Å². The zero-order valence-electron chi connectivity index (χ0n) is 10.5. The molecule has 18 heavy (non-hydrogen) atoms. The normalized spacial score (nSPS) is 12.2. The number of ether oxygens (including phenoxy) is 1. The number of hydrogen-bond donors (Lipinski definition) is 1. The maximum Gasteiger partial charge on any atom is 0.251 e. The molecule has 0 aliphatic carbocycles. The Labute approximate surface area is 121 Å². The van der Waals surface area contributed by atoms with Crippen LogP contribution in [0.1, 0.15) is 22.3 Å². The molecule has 0 saturated carbocycles. The third kappa shape index (κ3) is 4.96. The quantitative estimate of drug-likeness (QED) is 0.812. The lowest BCUT2D eigenvalue weighted by atomic mass is 10.1. The van der Waals surface area contributed by atoms with Gasteiger partial charge in [0.2, 0.25) is 0 Å². The Morgan fingerprint density at radius 3 is 2.78 bits per heavy atom. The molecule has 0 aliphatic rings. The second-order valence-electron chi connectivity index (χ2n) is 4.12. The van der Waals surface area contributed by atoms with Crippen molar-refractivity contribution in [2.24, 2.45) is 0 Å². The van der Waals surface area contributed by atoms with Crippen LogP contribution in [0.15, 0.2) is 22.7 Å². The van der Waals surface area contributed by atoms with Crippen LogP contribution < -0.4 is 5.32 Å². The lowest BCUT2D eigenvalue weighted by Crippen LogP contribution is -2.37. The zero-order chi connectivity index (χ0) is 13.5. The molecule has 1 rings (SSSR count). The van der Waals surface area contributed by atoms with Gasteiger partial charge in [0.25, 0.3) is 5.91 Å². The fraction of sp³-hybridized carbons (Fsp3) is 0.462. The molecule has 5 heteroatoms. The van der Waals surface area contributed by atoms with Crippen LogP contribution in [0.2, 0.25) is 0 Å². The van der Waals surface area contributed by atoms with Gasteiger partial charge in [-0.15, -0.1) is 11.6 Å². The fourth-order valence-corrected chi connectivity index (χ4v) is 2.42. The summed E-state index contributed by atoms with van der Waals surface area (Å²) in [4.78, 5) is 12.1. The Kier molecular flexibility index (Phi) is 6.68. The number of nitrogens with one attached hydrogen (secondary N) is 1. The number of carbonyl (C=O) groups is 1. The van der Waals surface area contributed by atoms with Gasteiger partial charge < -0.3 is 10.1 Å². The number of alkyl halides is 1. The standard InChI is InChI=1S/C13H17BrClNO2/c1-9-5-10(7-11(14)6-9)13(17)16-12(8-15)3-4-18-2/h5-7,12H,3-4,8H2,1-2H3,(H,16,17). The Hall–Kier alpha value is -0.580. The van der Waals surface area contributed by atoms with Crippen LogP contribution in [0.25, 0.3) is 0 Å². The Balaban J connectivity index is 2.68. The molecular weight excluding hydrogens is 318 g/mol. The van der Waals surface area contributed by atoms with Crippen molar-refractivity contribution in [1.29, 1.82) is 0 Å². The lowest BCUT2D eigenvalue weighted by molar-refractivity contribution is 0.0930. The average Bonchev–Trinajstić information content (AvgIpc) is 2.32. The van der Waals surface area contributed by atoms with E-state index in [-0.39, 0.29) is 11.9 Å². The van der Waals surface area contributed by atoms with Crippen LogP contribution in [-0.4, -0.2) is 31.5 Å². The van der Waals surface area contributed by atoms with Gasteiger partial charge in [0.15, 0.2) is 0 Å². The summed E-state index contributed by atoms with van der Waals surface area (Å²) in [6, 6.07) is 5.53. The fourth-order valence-electron chi connectivity index (χ4n) is 1.58. The number of rotatable bonds is 6. The van der Waals surface area contributed by atoms with Crippen LogP contribution in [-0.2, 0) is 4.74 Å². The molecule has 0 spiro atoms. The summed E-state index contributed by atoms with van der Waals surface area (Å²) in [5, 5.41) is 2.90. The minimum atomic E-state index is -0.110. The minimum absolute atomic E-state index is 0.0709. The molecule has 3 nitrogen and oxygen atoms in total. The summed E-state index contributed by atoms with van der Waals surface area (Å²) in [6.45, 7) is 2.53. The van der Waals surface area contributed by atoms with E-state index >= 15 is 0 Å². The van der Waals surface area contributed by atoms with E-state index in [1.807, 2.05) is 19.1 Å². The second kappa shape index (κ2) is 7.77. The molecule has 1 atom stereocenters. The summed E-state index contributed by atoms with van der Waals surface area (Å²) >= 11 is 9.20. The van der Waals surface area contributed by atoms with Crippen molar-refractivity contribution in [3.63, 3.8) is 0 Å². The van der Waals surface area contributed by atoms with E-state index < -0.39 is 0 Å². The van der Waals surface area contributed by atoms with Crippen molar-refractivity contribution < 1.29 is 9.53 Å². The number of methoxy groups -OCH3 is 1. The number of hydrogen-bond acceptors (Lipinski definition) is 2. The first-order valence-electron chi connectivity index (χ1n) is 5.69. The zero-order valence-corrected chi connectivity index (χ0v) is 12.8. The molecule has 1 N–H and O–H groups in total. The summed E-state index contributed by atoms with van der Waals surface area (Å²) < 4.78 is 5.88. The van der Waals surface area contributed by atoms with E-state index in [0.29, 0.717) is 24.5 Å².